The fraction of sp³-hybridized carbons (Fsp3) is 0.619. The Kier molecular flexibility index (Phi) is 10.2. The molecule has 1 aliphatic rings. The van der Waals surface area contributed by atoms with E-state index in [2.05, 4.69) is 20.5 Å². The maximum atomic E-state index is 11.9. The Labute approximate surface area is 179 Å². The van der Waals surface area contributed by atoms with E-state index in [9.17, 15) is 4.79 Å². The summed E-state index contributed by atoms with van der Waals surface area (Å²) < 4.78 is 16.0. The van der Waals surface area contributed by atoms with Gasteiger partial charge in [-0.2, -0.15) is 0 Å². The summed E-state index contributed by atoms with van der Waals surface area (Å²) in [5.74, 6) is 2.02. The van der Waals surface area contributed by atoms with Gasteiger partial charge in [-0.05, 0) is 24.1 Å². The molecule has 0 radical (unpaired) electrons. The second-order valence-corrected chi connectivity index (χ2v) is 7.20. The molecule has 1 saturated heterocycles. The first kappa shape index (κ1) is 23.8. The van der Waals surface area contributed by atoms with E-state index in [1.165, 1.54) is 0 Å². The molecule has 1 aromatic rings. The minimum atomic E-state index is -0.0378. The van der Waals surface area contributed by atoms with Crippen LogP contribution < -0.4 is 20.1 Å². The van der Waals surface area contributed by atoms with Crippen molar-refractivity contribution < 1.29 is 19.0 Å². The Morgan fingerprint density at radius 2 is 1.83 bits per heavy atom. The molecule has 1 amide bonds. The van der Waals surface area contributed by atoms with E-state index in [4.69, 9.17) is 14.2 Å². The summed E-state index contributed by atoms with van der Waals surface area (Å²) in [6.45, 7) is 5.88. The number of amides is 1. The second kappa shape index (κ2) is 12.9. The molecular formula is C21H35N5O4. The molecule has 0 saturated carbocycles. The number of nitrogens with one attached hydrogen (secondary N) is 2. The molecule has 30 heavy (non-hydrogen) atoms. The van der Waals surface area contributed by atoms with Crippen LogP contribution in [0.15, 0.2) is 23.2 Å². The first-order valence-electron chi connectivity index (χ1n) is 10.3. The Hall–Kier alpha value is -2.52. The van der Waals surface area contributed by atoms with E-state index in [1.54, 1.807) is 33.2 Å². The largest absolute Gasteiger partial charge is 0.493 e. The van der Waals surface area contributed by atoms with Crippen LogP contribution in [0.5, 0.6) is 11.5 Å². The maximum absolute atomic E-state index is 11.9. The second-order valence-electron chi connectivity index (χ2n) is 7.20. The number of hydrogen-bond acceptors (Lipinski definition) is 6. The number of methoxy groups -OCH3 is 2. The number of carbonyl (C=O) groups is 1. The van der Waals surface area contributed by atoms with E-state index < -0.39 is 0 Å². The van der Waals surface area contributed by atoms with E-state index in [0.717, 1.165) is 51.4 Å². The topological polar surface area (TPSA) is 87.7 Å². The normalized spacial score (nSPS) is 14.9. The van der Waals surface area contributed by atoms with Crippen LogP contribution >= 0.6 is 0 Å². The summed E-state index contributed by atoms with van der Waals surface area (Å²) in [6, 6.07) is 5.89. The molecule has 2 N–H and O–H groups in total. The zero-order valence-corrected chi connectivity index (χ0v) is 18.6. The van der Waals surface area contributed by atoms with Gasteiger partial charge in [0.2, 0.25) is 5.91 Å². The van der Waals surface area contributed by atoms with Crippen LogP contribution in [-0.2, 0) is 16.0 Å². The molecule has 0 spiro atoms. The predicted octanol–water partition coefficient (Wildman–Crippen LogP) is 0.202. The Morgan fingerprint density at radius 1 is 1.13 bits per heavy atom. The van der Waals surface area contributed by atoms with Crippen molar-refractivity contribution in [3.8, 4) is 11.5 Å². The molecule has 1 heterocycles. The number of nitrogens with zero attached hydrogens (tertiary/aromatic N) is 3. The van der Waals surface area contributed by atoms with Gasteiger partial charge < -0.3 is 29.7 Å². The SMILES string of the molecule is COc1ccc(CCNC(=NCC(=O)N(C)C)NCCN2CCOCC2)cc1OC. The van der Waals surface area contributed by atoms with Crippen molar-refractivity contribution in [3.63, 3.8) is 0 Å². The molecule has 0 aliphatic carbocycles. The van der Waals surface area contributed by atoms with Crippen molar-refractivity contribution >= 4 is 11.9 Å². The highest BCUT2D eigenvalue weighted by Crippen LogP contribution is 2.27. The summed E-state index contributed by atoms with van der Waals surface area (Å²) in [5.41, 5.74) is 1.12. The molecule has 9 heteroatoms. The van der Waals surface area contributed by atoms with Crippen molar-refractivity contribution in [1.29, 1.82) is 0 Å². The average Bonchev–Trinajstić information content (AvgIpc) is 2.77. The molecule has 168 valence electrons. The maximum Gasteiger partial charge on any atom is 0.243 e. The standard InChI is InChI=1S/C21H35N5O4/c1-25(2)20(27)16-24-21(23-9-10-26-11-13-30-14-12-26)22-8-7-17-5-6-18(28-3)19(15-17)29-4/h5-6,15H,7-14,16H2,1-4H3,(H2,22,23,24). The minimum Gasteiger partial charge on any atom is -0.493 e. The third-order valence-electron chi connectivity index (χ3n) is 4.85. The summed E-state index contributed by atoms with van der Waals surface area (Å²) >= 11 is 0. The van der Waals surface area contributed by atoms with Crippen LogP contribution in [0.1, 0.15) is 5.56 Å². The van der Waals surface area contributed by atoms with Crippen molar-refractivity contribution in [2.75, 3.05) is 80.8 Å². The van der Waals surface area contributed by atoms with Crippen LogP contribution in [0.4, 0.5) is 0 Å². The van der Waals surface area contributed by atoms with Crippen molar-refractivity contribution in [3.05, 3.63) is 23.8 Å². The summed E-state index contributed by atoms with van der Waals surface area (Å²) in [6.07, 6.45) is 0.784. The molecular weight excluding hydrogens is 386 g/mol. The molecule has 0 aromatic heterocycles. The molecule has 1 aliphatic heterocycles. The number of benzene rings is 1. The zero-order chi connectivity index (χ0) is 21.8. The van der Waals surface area contributed by atoms with Crippen molar-refractivity contribution in [2.24, 2.45) is 4.99 Å². The number of hydrogen-bond donors (Lipinski definition) is 2. The molecule has 0 unspecified atom stereocenters. The van der Waals surface area contributed by atoms with Crippen LogP contribution in [0.3, 0.4) is 0 Å². The number of ether oxygens (including phenoxy) is 3. The quantitative estimate of drug-likeness (QED) is 0.412. The lowest BCUT2D eigenvalue weighted by atomic mass is 10.1. The van der Waals surface area contributed by atoms with E-state index in [0.29, 0.717) is 24.0 Å². The lowest BCUT2D eigenvalue weighted by Gasteiger charge is -2.26. The van der Waals surface area contributed by atoms with E-state index in [-0.39, 0.29) is 12.5 Å². The van der Waals surface area contributed by atoms with Crippen molar-refractivity contribution in [1.82, 2.24) is 20.4 Å². The fourth-order valence-corrected chi connectivity index (χ4v) is 2.98. The number of guanidine groups is 1. The molecule has 1 fully saturated rings. The van der Waals surface area contributed by atoms with Crippen molar-refractivity contribution in [2.45, 2.75) is 6.42 Å². The van der Waals surface area contributed by atoms with Gasteiger partial charge in [-0.15, -0.1) is 0 Å². The molecule has 9 nitrogen and oxygen atoms in total. The fourth-order valence-electron chi connectivity index (χ4n) is 2.98. The zero-order valence-electron chi connectivity index (χ0n) is 18.6. The molecule has 2 rings (SSSR count). The van der Waals surface area contributed by atoms with Gasteiger partial charge in [0.25, 0.3) is 0 Å². The van der Waals surface area contributed by atoms with Gasteiger partial charge in [-0.3, -0.25) is 9.69 Å². The Bertz CT molecular complexity index is 690. The van der Waals surface area contributed by atoms with E-state index >= 15 is 0 Å². The first-order chi connectivity index (χ1) is 14.5. The highest BCUT2D eigenvalue weighted by molar-refractivity contribution is 5.84. The number of rotatable bonds is 10. The average molecular weight is 422 g/mol. The highest BCUT2D eigenvalue weighted by atomic mass is 16.5. The Morgan fingerprint density at radius 3 is 2.50 bits per heavy atom. The third kappa shape index (κ3) is 8.08. The summed E-state index contributed by atoms with van der Waals surface area (Å²) in [4.78, 5) is 20.2. The Balaban J connectivity index is 1.87. The number of morpholine rings is 1. The van der Waals surface area contributed by atoms with Gasteiger partial charge in [-0.25, -0.2) is 4.99 Å². The lowest BCUT2D eigenvalue weighted by Crippen LogP contribution is -2.45. The van der Waals surface area contributed by atoms with Gasteiger partial charge >= 0.3 is 0 Å². The predicted molar refractivity (Wildman–Crippen MR) is 118 cm³/mol. The van der Waals surface area contributed by atoms with Gasteiger partial charge in [0.15, 0.2) is 17.5 Å². The van der Waals surface area contributed by atoms with Crippen LogP contribution in [-0.4, -0.2) is 102 Å². The van der Waals surface area contributed by atoms with Crippen LogP contribution in [0.25, 0.3) is 0 Å². The summed E-state index contributed by atoms with van der Waals surface area (Å²) in [7, 11) is 6.71. The smallest absolute Gasteiger partial charge is 0.243 e. The number of likely N-dealkylation sites (N-methyl/N-ethyl adjacent to an activating group) is 1. The third-order valence-corrected chi connectivity index (χ3v) is 4.85. The van der Waals surface area contributed by atoms with Gasteiger partial charge in [-0.1, -0.05) is 6.07 Å². The van der Waals surface area contributed by atoms with Gasteiger partial charge in [0, 0.05) is 46.8 Å². The van der Waals surface area contributed by atoms with Crippen LogP contribution in [0, 0.1) is 0 Å². The summed E-state index contributed by atoms with van der Waals surface area (Å²) in [5, 5.41) is 6.65. The molecule has 0 atom stereocenters. The van der Waals surface area contributed by atoms with Gasteiger partial charge in [0.05, 0.1) is 27.4 Å². The number of carbonyl (C=O) groups excluding carboxylic acids is 1. The lowest BCUT2D eigenvalue weighted by molar-refractivity contribution is -0.127. The highest BCUT2D eigenvalue weighted by Gasteiger charge is 2.10. The molecule has 0 bridgehead atoms. The number of aliphatic imine (C=N–C) groups is 1. The first-order valence-corrected chi connectivity index (χ1v) is 10.3. The van der Waals surface area contributed by atoms with Gasteiger partial charge in [0.1, 0.15) is 6.54 Å². The van der Waals surface area contributed by atoms with Crippen LogP contribution in [0.2, 0.25) is 0 Å². The monoisotopic (exact) mass is 421 g/mol. The minimum absolute atomic E-state index is 0.0378. The van der Waals surface area contributed by atoms with E-state index in [1.807, 2.05) is 18.2 Å². The molecule has 1 aromatic carbocycles.